The topological polar surface area (TPSA) is 40.7 Å². The molecule has 0 spiro atoms. The van der Waals surface area contributed by atoms with Crippen LogP contribution in [0.2, 0.25) is 0 Å². The van der Waals surface area contributed by atoms with Gasteiger partial charge in [-0.25, -0.2) is 0 Å². The number of H-pyrrole nitrogens is 1. The first-order chi connectivity index (χ1) is 9.58. The largest absolute Gasteiger partial charge is 0.310 e. The second-order valence-electron chi connectivity index (χ2n) is 5.66. The Hall–Kier alpha value is -1.61. The van der Waals surface area contributed by atoms with Gasteiger partial charge in [-0.2, -0.15) is 5.10 Å². The van der Waals surface area contributed by atoms with Crippen LogP contribution in [0, 0.1) is 20.8 Å². The first-order valence-electron chi connectivity index (χ1n) is 7.37. The van der Waals surface area contributed by atoms with E-state index in [1.807, 2.05) is 6.20 Å². The maximum absolute atomic E-state index is 4.06. The third-order valence-electron chi connectivity index (χ3n) is 3.90. The van der Waals surface area contributed by atoms with E-state index < -0.39 is 0 Å². The summed E-state index contributed by atoms with van der Waals surface area (Å²) in [5.74, 6) is 0. The van der Waals surface area contributed by atoms with E-state index >= 15 is 0 Å². The molecule has 1 heterocycles. The zero-order valence-corrected chi connectivity index (χ0v) is 13.0. The van der Waals surface area contributed by atoms with Crippen molar-refractivity contribution in [3.63, 3.8) is 0 Å². The van der Waals surface area contributed by atoms with Crippen LogP contribution in [0.1, 0.15) is 47.3 Å². The number of aromatic nitrogens is 2. The number of hydrogen-bond donors (Lipinski definition) is 2. The van der Waals surface area contributed by atoms with Gasteiger partial charge in [-0.15, -0.1) is 0 Å². The van der Waals surface area contributed by atoms with Gasteiger partial charge < -0.3 is 5.32 Å². The minimum Gasteiger partial charge on any atom is -0.310 e. The van der Waals surface area contributed by atoms with E-state index in [0.29, 0.717) is 6.04 Å². The highest BCUT2D eigenvalue weighted by Gasteiger charge is 2.07. The van der Waals surface area contributed by atoms with Crippen LogP contribution in [-0.2, 0) is 6.42 Å². The van der Waals surface area contributed by atoms with Crippen molar-refractivity contribution < 1.29 is 0 Å². The molecule has 0 aliphatic rings. The van der Waals surface area contributed by atoms with E-state index in [4.69, 9.17) is 0 Å². The van der Waals surface area contributed by atoms with Crippen molar-refractivity contribution in [2.24, 2.45) is 0 Å². The van der Waals surface area contributed by atoms with E-state index in [1.54, 1.807) is 0 Å². The molecule has 1 aromatic heterocycles. The lowest BCUT2D eigenvalue weighted by molar-refractivity contribution is 0.556. The molecular weight excluding hydrogens is 246 g/mol. The second-order valence-corrected chi connectivity index (χ2v) is 5.66. The monoisotopic (exact) mass is 271 g/mol. The van der Waals surface area contributed by atoms with Crippen LogP contribution in [0.15, 0.2) is 24.4 Å². The fourth-order valence-electron chi connectivity index (χ4n) is 2.65. The smallest absolute Gasteiger partial charge is 0.0522 e. The molecule has 2 rings (SSSR count). The summed E-state index contributed by atoms with van der Waals surface area (Å²) in [4.78, 5) is 0. The molecule has 0 aliphatic heterocycles. The van der Waals surface area contributed by atoms with Crippen molar-refractivity contribution in [1.29, 1.82) is 0 Å². The van der Waals surface area contributed by atoms with Gasteiger partial charge in [0.1, 0.15) is 0 Å². The third-order valence-corrected chi connectivity index (χ3v) is 3.90. The molecule has 108 valence electrons. The fraction of sp³-hybridized carbons (Fsp3) is 0.471. The summed E-state index contributed by atoms with van der Waals surface area (Å²) in [7, 11) is 0. The molecule has 0 bridgehead atoms. The number of aromatic amines is 1. The molecule has 3 nitrogen and oxygen atoms in total. The van der Waals surface area contributed by atoms with Gasteiger partial charge in [0, 0.05) is 11.7 Å². The highest BCUT2D eigenvalue weighted by atomic mass is 15.1. The Balaban J connectivity index is 1.80. The first-order valence-corrected chi connectivity index (χ1v) is 7.37. The molecule has 0 fully saturated rings. The number of benzene rings is 1. The van der Waals surface area contributed by atoms with Crippen LogP contribution >= 0.6 is 0 Å². The SMILES string of the molecule is Cc1ccc(C(C)NCCCc2cn[nH]c2C)c(C)c1. The highest BCUT2D eigenvalue weighted by molar-refractivity contribution is 5.32. The second kappa shape index (κ2) is 6.71. The minimum atomic E-state index is 0.404. The van der Waals surface area contributed by atoms with Crippen molar-refractivity contribution in [2.75, 3.05) is 6.54 Å². The lowest BCUT2D eigenvalue weighted by Crippen LogP contribution is -2.21. The van der Waals surface area contributed by atoms with Crippen molar-refractivity contribution in [3.05, 3.63) is 52.3 Å². The molecule has 3 heteroatoms. The fourth-order valence-corrected chi connectivity index (χ4v) is 2.65. The van der Waals surface area contributed by atoms with Crippen LogP contribution in [0.25, 0.3) is 0 Å². The Morgan fingerprint density at radius 2 is 2.05 bits per heavy atom. The highest BCUT2D eigenvalue weighted by Crippen LogP contribution is 2.18. The molecule has 1 atom stereocenters. The summed E-state index contributed by atoms with van der Waals surface area (Å²) in [6, 6.07) is 7.08. The van der Waals surface area contributed by atoms with Crippen molar-refractivity contribution in [3.8, 4) is 0 Å². The van der Waals surface area contributed by atoms with Crippen LogP contribution in [0.4, 0.5) is 0 Å². The van der Waals surface area contributed by atoms with Crippen molar-refractivity contribution >= 4 is 0 Å². The number of aryl methyl sites for hydroxylation is 4. The van der Waals surface area contributed by atoms with E-state index in [1.165, 1.54) is 27.9 Å². The van der Waals surface area contributed by atoms with E-state index in [-0.39, 0.29) is 0 Å². The normalized spacial score (nSPS) is 12.6. The van der Waals surface area contributed by atoms with E-state index in [9.17, 15) is 0 Å². The van der Waals surface area contributed by atoms with Gasteiger partial charge >= 0.3 is 0 Å². The number of nitrogens with one attached hydrogen (secondary N) is 2. The van der Waals surface area contributed by atoms with Gasteiger partial charge in [-0.3, -0.25) is 5.10 Å². The zero-order chi connectivity index (χ0) is 14.5. The van der Waals surface area contributed by atoms with Crippen LogP contribution in [-0.4, -0.2) is 16.7 Å². The maximum atomic E-state index is 4.06. The molecule has 1 unspecified atom stereocenters. The van der Waals surface area contributed by atoms with Gasteiger partial charge in [-0.05, 0) is 63.8 Å². The Morgan fingerprint density at radius 1 is 1.25 bits per heavy atom. The van der Waals surface area contributed by atoms with Gasteiger partial charge in [0.25, 0.3) is 0 Å². The Bertz CT molecular complexity index is 557. The summed E-state index contributed by atoms with van der Waals surface area (Å²) in [5.41, 5.74) is 6.61. The average molecular weight is 271 g/mol. The Morgan fingerprint density at radius 3 is 2.70 bits per heavy atom. The molecule has 0 saturated carbocycles. The lowest BCUT2D eigenvalue weighted by Gasteiger charge is -2.17. The zero-order valence-electron chi connectivity index (χ0n) is 13.0. The lowest BCUT2D eigenvalue weighted by atomic mass is 10.00. The summed E-state index contributed by atoms with van der Waals surface area (Å²) >= 11 is 0. The molecule has 0 saturated heterocycles. The predicted octanol–water partition coefficient (Wildman–Crippen LogP) is 3.62. The van der Waals surface area contributed by atoms with Gasteiger partial charge in [0.15, 0.2) is 0 Å². The van der Waals surface area contributed by atoms with Crippen molar-refractivity contribution in [2.45, 2.75) is 46.6 Å². The molecule has 2 aromatic rings. The van der Waals surface area contributed by atoms with Gasteiger partial charge in [-0.1, -0.05) is 23.8 Å². The van der Waals surface area contributed by atoms with E-state index in [2.05, 4.69) is 61.4 Å². The number of nitrogens with zero attached hydrogens (tertiary/aromatic N) is 1. The maximum Gasteiger partial charge on any atom is 0.0522 e. The summed E-state index contributed by atoms with van der Waals surface area (Å²) in [6.07, 6.45) is 4.15. The average Bonchev–Trinajstić information content (AvgIpc) is 2.80. The number of hydrogen-bond acceptors (Lipinski definition) is 2. The third kappa shape index (κ3) is 3.70. The molecule has 0 amide bonds. The van der Waals surface area contributed by atoms with Crippen LogP contribution in [0.5, 0.6) is 0 Å². The summed E-state index contributed by atoms with van der Waals surface area (Å²) in [5, 5.41) is 10.7. The summed E-state index contributed by atoms with van der Waals surface area (Å²) in [6.45, 7) is 9.67. The minimum absolute atomic E-state index is 0.404. The summed E-state index contributed by atoms with van der Waals surface area (Å²) < 4.78 is 0. The van der Waals surface area contributed by atoms with E-state index in [0.717, 1.165) is 19.4 Å². The molecule has 20 heavy (non-hydrogen) atoms. The molecule has 0 aliphatic carbocycles. The van der Waals surface area contributed by atoms with Crippen LogP contribution in [0.3, 0.4) is 0 Å². The molecule has 2 N–H and O–H groups in total. The first kappa shape index (κ1) is 14.8. The van der Waals surface area contributed by atoms with Gasteiger partial charge in [0.2, 0.25) is 0 Å². The van der Waals surface area contributed by atoms with Gasteiger partial charge in [0.05, 0.1) is 6.20 Å². The number of rotatable bonds is 6. The Kier molecular flexibility index (Phi) is 4.96. The standard InChI is InChI=1S/C17H25N3/c1-12-7-8-17(13(2)10-12)15(4)18-9-5-6-16-11-19-20-14(16)3/h7-8,10-11,15,18H,5-6,9H2,1-4H3,(H,19,20). The predicted molar refractivity (Wildman–Crippen MR) is 84.0 cm³/mol. The quantitative estimate of drug-likeness (QED) is 0.788. The Labute approximate surface area is 121 Å². The van der Waals surface area contributed by atoms with Crippen molar-refractivity contribution in [1.82, 2.24) is 15.5 Å². The molecule has 0 radical (unpaired) electrons. The van der Waals surface area contributed by atoms with Crippen LogP contribution < -0.4 is 5.32 Å². The molecule has 1 aromatic carbocycles. The molecular formula is C17H25N3.